The molecular weight excluding hydrogens is 246 g/mol. The monoisotopic (exact) mass is 273 g/mol. The van der Waals surface area contributed by atoms with Gasteiger partial charge < -0.3 is 10.1 Å². The number of esters is 1. The van der Waals surface area contributed by atoms with Crippen molar-refractivity contribution in [3.05, 3.63) is 0 Å². The van der Waals surface area contributed by atoms with Gasteiger partial charge in [0.25, 0.3) is 0 Å². The predicted octanol–water partition coefficient (Wildman–Crippen LogP) is 2.84. The molecule has 1 aliphatic rings. The van der Waals surface area contributed by atoms with Crippen LogP contribution in [-0.2, 0) is 9.53 Å². The molecular formula is C14H27NO2S. The van der Waals surface area contributed by atoms with Crippen LogP contribution in [0.4, 0.5) is 0 Å². The Kier molecular flexibility index (Phi) is 8.51. The standard InChI is InChI=1S/C14H27NO2S/c1-3-9-15-13(14(16)17-2)8-10-18-11-12-6-4-5-7-12/h12-13,15H,3-11H2,1-2H3. The lowest BCUT2D eigenvalue weighted by molar-refractivity contribution is -0.143. The van der Waals surface area contributed by atoms with Crippen molar-refractivity contribution in [3.8, 4) is 0 Å². The number of ether oxygens (including phenoxy) is 1. The highest BCUT2D eigenvalue weighted by Crippen LogP contribution is 2.28. The number of hydrogen-bond acceptors (Lipinski definition) is 4. The van der Waals surface area contributed by atoms with Crippen molar-refractivity contribution >= 4 is 17.7 Å². The number of carbonyl (C=O) groups excluding carboxylic acids is 1. The van der Waals surface area contributed by atoms with Crippen molar-refractivity contribution in [2.45, 2.75) is 51.5 Å². The average molecular weight is 273 g/mol. The van der Waals surface area contributed by atoms with Crippen LogP contribution >= 0.6 is 11.8 Å². The molecule has 0 amide bonds. The van der Waals surface area contributed by atoms with E-state index in [1.165, 1.54) is 38.5 Å². The van der Waals surface area contributed by atoms with Gasteiger partial charge in [0.2, 0.25) is 0 Å². The van der Waals surface area contributed by atoms with E-state index in [0.29, 0.717) is 0 Å². The highest BCUT2D eigenvalue weighted by Gasteiger charge is 2.19. The SMILES string of the molecule is CCCNC(CCSCC1CCCC1)C(=O)OC. The van der Waals surface area contributed by atoms with Gasteiger partial charge in [-0.25, -0.2) is 0 Å². The van der Waals surface area contributed by atoms with Gasteiger partial charge in [-0.05, 0) is 49.7 Å². The summed E-state index contributed by atoms with van der Waals surface area (Å²) < 4.78 is 4.83. The summed E-state index contributed by atoms with van der Waals surface area (Å²) >= 11 is 1.99. The molecule has 0 aromatic rings. The van der Waals surface area contributed by atoms with Gasteiger partial charge in [0.05, 0.1) is 7.11 Å². The van der Waals surface area contributed by atoms with Crippen LogP contribution in [0.3, 0.4) is 0 Å². The third-order valence-corrected chi connectivity index (χ3v) is 4.74. The first-order valence-corrected chi connectivity index (χ1v) is 8.32. The molecule has 3 nitrogen and oxygen atoms in total. The molecule has 1 atom stereocenters. The molecule has 1 unspecified atom stereocenters. The van der Waals surface area contributed by atoms with Crippen molar-refractivity contribution < 1.29 is 9.53 Å². The first-order chi connectivity index (χ1) is 8.77. The molecule has 0 radical (unpaired) electrons. The minimum atomic E-state index is -0.120. The second-order valence-corrected chi connectivity index (χ2v) is 6.19. The molecule has 0 spiro atoms. The summed E-state index contributed by atoms with van der Waals surface area (Å²) in [5, 5.41) is 3.26. The van der Waals surface area contributed by atoms with Crippen LogP contribution < -0.4 is 5.32 Å². The smallest absolute Gasteiger partial charge is 0.322 e. The molecule has 0 aliphatic heterocycles. The Bertz CT molecular complexity index is 230. The van der Waals surface area contributed by atoms with Crippen LogP contribution in [0.15, 0.2) is 0 Å². The summed E-state index contributed by atoms with van der Waals surface area (Å²) in [6.45, 7) is 2.99. The first kappa shape index (κ1) is 15.8. The molecule has 0 aromatic heterocycles. The van der Waals surface area contributed by atoms with Gasteiger partial charge in [-0.2, -0.15) is 11.8 Å². The van der Waals surface area contributed by atoms with Gasteiger partial charge in [0.1, 0.15) is 6.04 Å². The molecule has 1 aliphatic carbocycles. The van der Waals surface area contributed by atoms with Crippen LogP contribution in [0, 0.1) is 5.92 Å². The van der Waals surface area contributed by atoms with Crippen molar-refractivity contribution in [1.29, 1.82) is 0 Å². The van der Waals surface area contributed by atoms with Crippen LogP contribution in [0.1, 0.15) is 45.4 Å². The lowest BCUT2D eigenvalue weighted by Crippen LogP contribution is -2.38. The van der Waals surface area contributed by atoms with E-state index in [9.17, 15) is 4.79 Å². The van der Waals surface area contributed by atoms with Crippen molar-refractivity contribution in [2.24, 2.45) is 5.92 Å². The zero-order valence-corrected chi connectivity index (χ0v) is 12.6. The van der Waals surface area contributed by atoms with Crippen molar-refractivity contribution in [3.63, 3.8) is 0 Å². The summed E-state index contributed by atoms with van der Waals surface area (Å²) in [6.07, 6.45) is 7.55. The zero-order chi connectivity index (χ0) is 13.2. The summed E-state index contributed by atoms with van der Waals surface area (Å²) in [7, 11) is 1.47. The lowest BCUT2D eigenvalue weighted by atomic mass is 10.1. The summed E-state index contributed by atoms with van der Waals surface area (Å²) in [6, 6.07) is -0.119. The number of thioether (sulfide) groups is 1. The normalized spacial score (nSPS) is 17.9. The van der Waals surface area contributed by atoms with E-state index in [1.54, 1.807) is 0 Å². The van der Waals surface area contributed by atoms with Crippen LogP contribution in [0.5, 0.6) is 0 Å². The van der Waals surface area contributed by atoms with Crippen molar-refractivity contribution in [2.75, 3.05) is 25.2 Å². The molecule has 4 heteroatoms. The minimum Gasteiger partial charge on any atom is -0.468 e. The van der Waals surface area contributed by atoms with Gasteiger partial charge in [0, 0.05) is 0 Å². The molecule has 0 heterocycles. The molecule has 1 saturated carbocycles. The summed E-state index contributed by atoms with van der Waals surface area (Å²) in [5.41, 5.74) is 0. The Balaban J connectivity index is 2.13. The van der Waals surface area contributed by atoms with Crippen molar-refractivity contribution in [1.82, 2.24) is 5.32 Å². The first-order valence-electron chi connectivity index (χ1n) is 7.16. The number of hydrogen-bond donors (Lipinski definition) is 1. The predicted molar refractivity (Wildman–Crippen MR) is 78.0 cm³/mol. The van der Waals surface area contributed by atoms with E-state index < -0.39 is 0 Å². The molecule has 0 saturated heterocycles. The van der Waals surface area contributed by atoms with Crippen LogP contribution in [0.2, 0.25) is 0 Å². The van der Waals surface area contributed by atoms with E-state index in [1.807, 2.05) is 11.8 Å². The second kappa shape index (κ2) is 9.68. The maximum absolute atomic E-state index is 11.6. The summed E-state index contributed by atoms with van der Waals surface area (Å²) in [4.78, 5) is 11.6. The largest absolute Gasteiger partial charge is 0.468 e. The number of carbonyl (C=O) groups is 1. The fourth-order valence-corrected chi connectivity index (χ4v) is 3.63. The Hall–Kier alpha value is -0.220. The molecule has 0 bridgehead atoms. The minimum absolute atomic E-state index is 0.119. The molecule has 1 fully saturated rings. The fourth-order valence-electron chi connectivity index (χ4n) is 2.39. The molecule has 18 heavy (non-hydrogen) atoms. The van der Waals surface area contributed by atoms with Gasteiger partial charge in [-0.1, -0.05) is 19.8 Å². The molecule has 1 N–H and O–H groups in total. The quantitative estimate of drug-likeness (QED) is 0.518. The number of methoxy groups -OCH3 is 1. The van der Waals surface area contributed by atoms with Gasteiger partial charge in [-0.3, -0.25) is 4.79 Å². The highest BCUT2D eigenvalue weighted by molar-refractivity contribution is 7.99. The van der Waals surface area contributed by atoms with E-state index in [4.69, 9.17) is 4.74 Å². The van der Waals surface area contributed by atoms with E-state index in [0.717, 1.165) is 31.1 Å². The molecule has 1 rings (SSSR count). The lowest BCUT2D eigenvalue weighted by Gasteiger charge is -2.16. The fraction of sp³-hybridized carbons (Fsp3) is 0.929. The maximum atomic E-state index is 11.6. The Morgan fingerprint density at radius 3 is 2.78 bits per heavy atom. The zero-order valence-electron chi connectivity index (χ0n) is 11.7. The topological polar surface area (TPSA) is 38.3 Å². The highest BCUT2D eigenvalue weighted by atomic mass is 32.2. The van der Waals surface area contributed by atoms with Crippen LogP contribution in [0.25, 0.3) is 0 Å². The van der Waals surface area contributed by atoms with E-state index in [2.05, 4.69) is 12.2 Å². The number of nitrogens with one attached hydrogen (secondary N) is 1. The number of rotatable bonds is 9. The van der Waals surface area contributed by atoms with Gasteiger partial charge >= 0.3 is 5.97 Å². The Labute approximate surface area is 115 Å². The van der Waals surface area contributed by atoms with E-state index in [-0.39, 0.29) is 12.0 Å². The second-order valence-electron chi connectivity index (χ2n) is 5.04. The third kappa shape index (κ3) is 6.10. The molecule has 106 valence electrons. The molecule has 0 aromatic carbocycles. The van der Waals surface area contributed by atoms with Gasteiger partial charge in [-0.15, -0.1) is 0 Å². The Morgan fingerprint density at radius 1 is 1.44 bits per heavy atom. The van der Waals surface area contributed by atoms with E-state index >= 15 is 0 Å². The van der Waals surface area contributed by atoms with Gasteiger partial charge in [0.15, 0.2) is 0 Å². The third-order valence-electron chi connectivity index (χ3n) is 3.51. The maximum Gasteiger partial charge on any atom is 0.322 e. The van der Waals surface area contributed by atoms with Crippen LogP contribution in [-0.4, -0.2) is 37.2 Å². The average Bonchev–Trinajstić information content (AvgIpc) is 2.90. The summed E-state index contributed by atoms with van der Waals surface area (Å²) in [5.74, 6) is 3.12. The Morgan fingerprint density at radius 2 is 2.17 bits per heavy atom.